The lowest BCUT2D eigenvalue weighted by atomic mass is 10.2. The van der Waals surface area contributed by atoms with Gasteiger partial charge in [0.15, 0.2) is 5.75 Å². The highest BCUT2D eigenvalue weighted by molar-refractivity contribution is 9.10. The van der Waals surface area contributed by atoms with Crippen LogP contribution in [0.25, 0.3) is 0 Å². The number of nitrogens with zero attached hydrogens (tertiary/aromatic N) is 1. The molecule has 0 saturated carbocycles. The Balaban J connectivity index is 2.06. The molecule has 3 aromatic carbocycles. The van der Waals surface area contributed by atoms with E-state index < -0.39 is 26.7 Å². The Kier molecular flexibility index (Phi) is 6.67. The van der Waals surface area contributed by atoms with E-state index in [9.17, 15) is 18.3 Å². The number of benzene rings is 3. The molecule has 0 fully saturated rings. The van der Waals surface area contributed by atoms with Gasteiger partial charge in [-0.1, -0.05) is 54.1 Å². The maximum atomic E-state index is 12.9. The molecule has 10 heteroatoms. The van der Waals surface area contributed by atoms with Gasteiger partial charge in [0.25, 0.3) is 0 Å². The molecule has 2 amide bonds. The molecule has 4 N–H and O–H groups in total. The molecule has 0 aliphatic heterocycles. The molecule has 30 heavy (non-hydrogen) atoms. The molecule has 7 nitrogen and oxygen atoms in total. The molecule has 0 heterocycles. The molecule has 156 valence electrons. The summed E-state index contributed by atoms with van der Waals surface area (Å²) >= 11 is 9.43. The van der Waals surface area contributed by atoms with Crippen molar-refractivity contribution in [2.45, 2.75) is 11.4 Å². The van der Waals surface area contributed by atoms with Crippen molar-refractivity contribution in [3.05, 3.63) is 81.8 Å². The number of nitrogens with two attached hydrogens (primary N) is 1. The third kappa shape index (κ3) is 4.59. The topological polar surface area (TPSA) is 113 Å². The molecular weight excluding hydrogens is 494 g/mol. The van der Waals surface area contributed by atoms with Crippen LogP contribution in [-0.2, 0) is 16.6 Å². The van der Waals surface area contributed by atoms with E-state index in [0.717, 1.165) is 10.5 Å². The third-order valence-electron chi connectivity index (χ3n) is 4.19. The average Bonchev–Trinajstić information content (AvgIpc) is 2.70. The summed E-state index contributed by atoms with van der Waals surface area (Å²) in [5, 5.41) is 10.6. The fourth-order valence-corrected chi connectivity index (χ4v) is 4.92. The van der Waals surface area contributed by atoms with Crippen molar-refractivity contribution in [2.75, 3.05) is 4.90 Å². The zero-order valence-electron chi connectivity index (χ0n) is 15.4. The van der Waals surface area contributed by atoms with Crippen molar-refractivity contribution in [1.29, 1.82) is 0 Å². The molecule has 0 saturated heterocycles. The number of primary amides is 1. The molecule has 0 unspecified atom stereocenters. The largest absolute Gasteiger partial charge is 0.504 e. The number of sulfonamides is 1. The van der Waals surface area contributed by atoms with E-state index in [0.29, 0.717) is 10.2 Å². The average molecular weight is 511 g/mol. The number of carbonyl (C=O) groups excluding carboxylic acids is 1. The smallest absolute Gasteiger partial charge is 0.324 e. The fourth-order valence-electron chi connectivity index (χ4n) is 2.82. The Morgan fingerprint density at radius 3 is 2.30 bits per heavy atom. The first-order valence-electron chi connectivity index (χ1n) is 8.61. The molecule has 0 radical (unpaired) electrons. The molecule has 3 aromatic rings. The Morgan fingerprint density at radius 2 is 1.67 bits per heavy atom. The zero-order chi connectivity index (χ0) is 21.9. The highest BCUT2D eigenvalue weighted by Gasteiger charge is 2.29. The Morgan fingerprint density at radius 1 is 1.03 bits per heavy atom. The van der Waals surface area contributed by atoms with Crippen LogP contribution < -0.4 is 15.4 Å². The number of hydrogen-bond acceptors (Lipinski definition) is 4. The normalized spacial score (nSPS) is 11.3. The predicted molar refractivity (Wildman–Crippen MR) is 119 cm³/mol. The summed E-state index contributed by atoms with van der Waals surface area (Å²) in [5.74, 6) is -0.697. The fraction of sp³-hybridized carbons (Fsp3) is 0.0500. The monoisotopic (exact) mass is 509 g/mol. The van der Waals surface area contributed by atoms with E-state index in [1.165, 1.54) is 12.1 Å². The number of nitrogens with one attached hydrogen (secondary N) is 1. The minimum atomic E-state index is -4.22. The van der Waals surface area contributed by atoms with Crippen LogP contribution in [0, 0.1) is 0 Å². The van der Waals surface area contributed by atoms with Gasteiger partial charge in [0.1, 0.15) is 4.90 Å². The molecule has 0 aliphatic carbocycles. The lowest BCUT2D eigenvalue weighted by Crippen LogP contribution is -2.32. The summed E-state index contributed by atoms with van der Waals surface area (Å²) in [7, 11) is -4.22. The number of para-hydroxylation sites is 1. The molecule has 0 aliphatic rings. The third-order valence-corrected chi connectivity index (χ3v) is 6.77. The van der Waals surface area contributed by atoms with Gasteiger partial charge in [-0.25, -0.2) is 17.9 Å². The van der Waals surface area contributed by atoms with Crippen molar-refractivity contribution in [3.63, 3.8) is 0 Å². The van der Waals surface area contributed by atoms with E-state index in [-0.39, 0.29) is 17.3 Å². The molecule has 0 aromatic heterocycles. The standard InChI is InChI=1S/C20H17BrClN3O4S/c21-14-8-4-5-9-16(14)25(20(23)27)17-11-10-15(22)19(18(17)26)30(28,29)24-12-13-6-2-1-3-7-13/h1-11,24,26H,12H2,(H2,23,27). The number of aromatic hydroxyl groups is 1. The van der Waals surface area contributed by atoms with Crippen LogP contribution in [0.1, 0.15) is 5.56 Å². The van der Waals surface area contributed by atoms with Gasteiger partial charge in [-0.3, -0.25) is 4.90 Å². The van der Waals surface area contributed by atoms with E-state index in [4.69, 9.17) is 17.3 Å². The minimum Gasteiger partial charge on any atom is -0.504 e. The van der Waals surface area contributed by atoms with Gasteiger partial charge >= 0.3 is 6.03 Å². The number of urea groups is 1. The summed E-state index contributed by atoms with van der Waals surface area (Å²) in [6, 6.07) is 17.2. The van der Waals surface area contributed by atoms with Crippen LogP contribution in [-0.4, -0.2) is 19.6 Å². The molecule has 0 atom stereocenters. The lowest BCUT2D eigenvalue weighted by Gasteiger charge is -2.24. The van der Waals surface area contributed by atoms with Gasteiger partial charge in [-0.15, -0.1) is 0 Å². The second kappa shape index (κ2) is 9.05. The van der Waals surface area contributed by atoms with Crippen molar-refractivity contribution < 1.29 is 18.3 Å². The van der Waals surface area contributed by atoms with E-state index in [2.05, 4.69) is 20.7 Å². The number of amides is 2. The SMILES string of the molecule is NC(=O)N(c1ccccc1Br)c1ccc(Cl)c(S(=O)(=O)NCc2ccccc2)c1O. The second-order valence-corrected chi connectivity index (χ2v) is 9.14. The Bertz CT molecular complexity index is 1190. The van der Waals surface area contributed by atoms with Gasteiger partial charge in [0, 0.05) is 11.0 Å². The number of phenolic OH excluding ortho intramolecular Hbond substituents is 1. The maximum absolute atomic E-state index is 12.9. The first-order valence-corrected chi connectivity index (χ1v) is 11.3. The number of hydrogen-bond donors (Lipinski definition) is 3. The highest BCUT2D eigenvalue weighted by atomic mass is 79.9. The molecule has 0 spiro atoms. The van der Waals surface area contributed by atoms with Crippen molar-refractivity contribution in [2.24, 2.45) is 5.73 Å². The van der Waals surface area contributed by atoms with Gasteiger partial charge in [-0.2, -0.15) is 0 Å². The maximum Gasteiger partial charge on any atom is 0.324 e. The van der Waals surface area contributed by atoms with Gasteiger partial charge < -0.3 is 10.8 Å². The second-order valence-electron chi connectivity index (χ2n) is 6.18. The lowest BCUT2D eigenvalue weighted by molar-refractivity contribution is 0.256. The summed E-state index contributed by atoms with van der Waals surface area (Å²) in [5.41, 5.74) is 6.45. The van der Waals surface area contributed by atoms with Crippen molar-refractivity contribution in [1.82, 2.24) is 4.72 Å². The first kappa shape index (κ1) is 22.1. The van der Waals surface area contributed by atoms with Gasteiger partial charge in [0.05, 0.1) is 16.4 Å². The van der Waals surface area contributed by atoms with Crippen molar-refractivity contribution >= 4 is 55.0 Å². The number of carbonyl (C=O) groups is 1. The van der Waals surface area contributed by atoms with E-state index >= 15 is 0 Å². The van der Waals surface area contributed by atoms with Gasteiger partial charge in [-0.05, 0) is 45.8 Å². The summed E-state index contributed by atoms with van der Waals surface area (Å²) in [4.78, 5) is 12.6. The first-order chi connectivity index (χ1) is 14.2. The number of rotatable bonds is 6. The Hall–Kier alpha value is -2.59. The van der Waals surface area contributed by atoms with E-state index in [1.54, 1.807) is 48.5 Å². The zero-order valence-corrected chi connectivity index (χ0v) is 18.6. The number of halogens is 2. The van der Waals surface area contributed by atoms with Crippen LogP contribution in [0.2, 0.25) is 5.02 Å². The predicted octanol–water partition coefficient (Wildman–Crippen LogP) is 4.50. The van der Waals surface area contributed by atoms with Crippen molar-refractivity contribution in [3.8, 4) is 5.75 Å². The number of phenols is 1. The van der Waals surface area contributed by atoms with Crippen LogP contribution >= 0.6 is 27.5 Å². The van der Waals surface area contributed by atoms with Crippen LogP contribution in [0.3, 0.4) is 0 Å². The summed E-state index contributed by atoms with van der Waals surface area (Å²) < 4.78 is 28.7. The molecule has 0 bridgehead atoms. The Labute approximate surface area is 187 Å². The molecular formula is C20H17BrClN3O4S. The highest BCUT2D eigenvalue weighted by Crippen LogP contribution is 2.42. The van der Waals surface area contributed by atoms with Crippen LogP contribution in [0.15, 0.2) is 76.1 Å². The quantitative estimate of drug-likeness (QED) is 0.453. The molecule has 3 rings (SSSR count). The van der Waals surface area contributed by atoms with Crippen LogP contribution in [0.5, 0.6) is 5.75 Å². The van der Waals surface area contributed by atoms with Crippen LogP contribution in [0.4, 0.5) is 16.2 Å². The minimum absolute atomic E-state index is 0.00701. The van der Waals surface area contributed by atoms with E-state index in [1.807, 2.05) is 6.07 Å². The van der Waals surface area contributed by atoms with Gasteiger partial charge in [0.2, 0.25) is 10.0 Å². The summed E-state index contributed by atoms with van der Waals surface area (Å²) in [6.45, 7) is -0.00701. The number of anilines is 2. The summed E-state index contributed by atoms with van der Waals surface area (Å²) in [6.07, 6.45) is 0.